The molecule has 1 aromatic rings. The molecule has 1 atom stereocenters. The molecule has 0 aromatic heterocycles. The van der Waals surface area contributed by atoms with Gasteiger partial charge in [-0.3, -0.25) is 9.59 Å². The number of ketones is 1. The summed E-state index contributed by atoms with van der Waals surface area (Å²) in [5.74, 6) is -0.336. The van der Waals surface area contributed by atoms with Crippen LogP contribution in [-0.2, 0) is 4.79 Å². The lowest BCUT2D eigenvalue weighted by molar-refractivity contribution is -0.138. The minimum absolute atomic E-state index is 0.00913. The van der Waals surface area contributed by atoms with Crippen LogP contribution in [0.15, 0.2) is 24.3 Å². The first-order valence-corrected chi connectivity index (χ1v) is 4.98. The van der Waals surface area contributed by atoms with Crippen molar-refractivity contribution in [3.63, 3.8) is 0 Å². The van der Waals surface area contributed by atoms with Gasteiger partial charge in [0.15, 0.2) is 5.78 Å². The monoisotopic (exact) mass is 222 g/mol. The Morgan fingerprint density at radius 1 is 1.31 bits per heavy atom. The fourth-order valence-corrected chi connectivity index (χ4v) is 1.29. The maximum absolute atomic E-state index is 11.0. The van der Waals surface area contributed by atoms with E-state index in [9.17, 15) is 9.59 Å². The van der Waals surface area contributed by atoms with Crippen LogP contribution in [0, 0.1) is 0 Å². The number of hydrogen-bond donors (Lipinski definition) is 1. The van der Waals surface area contributed by atoms with Gasteiger partial charge in [0.25, 0.3) is 0 Å². The van der Waals surface area contributed by atoms with Crippen molar-refractivity contribution in [1.82, 2.24) is 0 Å². The number of benzene rings is 1. The lowest BCUT2D eigenvalue weighted by atomic mass is 10.1. The predicted octanol–water partition coefficient (Wildman–Crippen LogP) is 2.13. The molecule has 1 N–H and O–H groups in total. The van der Waals surface area contributed by atoms with E-state index in [-0.39, 0.29) is 18.3 Å². The lowest BCUT2D eigenvalue weighted by Crippen LogP contribution is -2.16. The third kappa shape index (κ3) is 3.73. The zero-order valence-electron chi connectivity index (χ0n) is 9.27. The predicted molar refractivity (Wildman–Crippen MR) is 58.8 cm³/mol. The Morgan fingerprint density at radius 3 is 2.31 bits per heavy atom. The van der Waals surface area contributed by atoms with Crippen molar-refractivity contribution in [2.24, 2.45) is 0 Å². The second-order valence-corrected chi connectivity index (χ2v) is 3.61. The number of ether oxygens (including phenoxy) is 1. The van der Waals surface area contributed by atoms with Crippen LogP contribution in [0.3, 0.4) is 0 Å². The van der Waals surface area contributed by atoms with E-state index >= 15 is 0 Å². The highest BCUT2D eigenvalue weighted by molar-refractivity contribution is 5.94. The Morgan fingerprint density at radius 2 is 1.88 bits per heavy atom. The Hall–Kier alpha value is -1.84. The van der Waals surface area contributed by atoms with Gasteiger partial charge >= 0.3 is 5.97 Å². The number of carbonyl (C=O) groups excluding carboxylic acids is 1. The van der Waals surface area contributed by atoms with Gasteiger partial charge in [0, 0.05) is 5.56 Å². The van der Waals surface area contributed by atoms with Gasteiger partial charge in [-0.25, -0.2) is 0 Å². The SMILES string of the molecule is CC(=O)c1ccc(OC(C)CC(=O)O)cc1. The van der Waals surface area contributed by atoms with Gasteiger partial charge in [0.05, 0.1) is 6.42 Å². The van der Waals surface area contributed by atoms with E-state index in [0.717, 1.165) is 0 Å². The van der Waals surface area contributed by atoms with E-state index in [1.165, 1.54) is 6.92 Å². The first kappa shape index (κ1) is 12.2. The molecule has 1 aromatic carbocycles. The minimum Gasteiger partial charge on any atom is -0.490 e. The number of rotatable bonds is 5. The summed E-state index contributed by atoms with van der Waals surface area (Å²) in [6.45, 7) is 3.18. The van der Waals surface area contributed by atoms with E-state index in [2.05, 4.69) is 0 Å². The Balaban J connectivity index is 2.61. The molecule has 0 aliphatic heterocycles. The van der Waals surface area contributed by atoms with Gasteiger partial charge in [-0.2, -0.15) is 0 Å². The highest BCUT2D eigenvalue weighted by atomic mass is 16.5. The fraction of sp³-hybridized carbons (Fsp3) is 0.333. The standard InChI is InChI=1S/C12H14O4/c1-8(7-12(14)15)16-11-5-3-10(4-6-11)9(2)13/h3-6,8H,7H2,1-2H3,(H,14,15). The summed E-state index contributed by atoms with van der Waals surface area (Å²) in [6.07, 6.45) is -0.435. The maximum atomic E-state index is 11.0. The van der Waals surface area contributed by atoms with E-state index < -0.39 is 5.97 Å². The van der Waals surface area contributed by atoms with Crippen LogP contribution in [-0.4, -0.2) is 23.0 Å². The van der Waals surface area contributed by atoms with Crippen LogP contribution >= 0.6 is 0 Å². The van der Waals surface area contributed by atoms with Crippen LogP contribution in [0.25, 0.3) is 0 Å². The van der Waals surface area contributed by atoms with Gasteiger partial charge in [-0.1, -0.05) is 0 Å². The van der Waals surface area contributed by atoms with Crippen molar-refractivity contribution in [3.05, 3.63) is 29.8 Å². The normalized spacial score (nSPS) is 11.9. The van der Waals surface area contributed by atoms with Gasteiger partial charge in [-0.05, 0) is 38.1 Å². The maximum Gasteiger partial charge on any atom is 0.307 e. The second kappa shape index (κ2) is 5.30. The summed E-state index contributed by atoms with van der Waals surface area (Å²) in [6, 6.07) is 6.64. The fourth-order valence-electron chi connectivity index (χ4n) is 1.29. The molecule has 1 rings (SSSR count). The zero-order chi connectivity index (χ0) is 12.1. The van der Waals surface area contributed by atoms with Crippen LogP contribution < -0.4 is 4.74 Å². The van der Waals surface area contributed by atoms with Crippen LogP contribution in [0.4, 0.5) is 0 Å². The number of carbonyl (C=O) groups is 2. The average Bonchev–Trinajstić information content (AvgIpc) is 2.16. The van der Waals surface area contributed by atoms with Crippen molar-refractivity contribution in [3.8, 4) is 5.75 Å². The van der Waals surface area contributed by atoms with Crippen molar-refractivity contribution in [1.29, 1.82) is 0 Å². The first-order valence-electron chi connectivity index (χ1n) is 4.98. The molecule has 0 saturated carbocycles. The highest BCUT2D eigenvalue weighted by Gasteiger charge is 2.09. The van der Waals surface area contributed by atoms with Crippen molar-refractivity contribution in [2.75, 3.05) is 0 Å². The lowest BCUT2D eigenvalue weighted by Gasteiger charge is -2.12. The molecule has 0 bridgehead atoms. The van der Waals surface area contributed by atoms with Gasteiger partial charge in [-0.15, -0.1) is 0 Å². The molecule has 0 aliphatic carbocycles. The summed E-state index contributed by atoms with van der Waals surface area (Å²) >= 11 is 0. The molecule has 0 radical (unpaired) electrons. The summed E-state index contributed by atoms with van der Waals surface area (Å²) in [5, 5.41) is 8.55. The molecule has 4 heteroatoms. The summed E-state index contributed by atoms with van der Waals surface area (Å²) < 4.78 is 5.37. The molecule has 0 saturated heterocycles. The van der Waals surface area contributed by atoms with E-state index in [4.69, 9.17) is 9.84 Å². The van der Waals surface area contributed by atoms with E-state index in [1.54, 1.807) is 31.2 Å². The number of carboxylic acids is 1. The Bertz CT molecular complexity index is 381. The molecule has 4 nitrogen and oxygen atoms in total. The third-order valence-electron chi connectivity index (χ3n) is 2.06. The quantitative estimate of drug-likeness (QED) is 0.775. The third-order valence-corrected chi connectivity index (χ3v) is 2.06. The molecule has 0 fully saturated rings. The molecule has 16 heavy (non-hydrogen) atoms. The van der Waals surface area contributed by atoms with Gasteiger partial charge in [0.1, 0.15) is 11.9 Å². The molecule has 0 amide bonds. The molecular weight excluding hydrogens is 208 g/mol. The summed E-state index contributed by atoms with van der Waals surface area (Å²) in [5.41, 5.74) is 0.609. The van der Waals surface area contributed by atoms with Gasteiger partial charge in [0.2, 0.25) is 0 Å². The van der Waals surface area contributed by atoms with E-state index in [1.807, 2.05) is 0 Å². The molecule has 0 heterocycles. The smallest absolute Gasteiger partial charge is 0.307 e. The number of aliphatic carboxylic acids is 1. The topological polar surface area (TPSA) is 63.6 Å². The highest BCUT2D eigenvalue weighted by Crippen LogP contribution is 2.15. The van der Waals surface area contributed by atoms with Crippen LogP contribution in [0.1, 0.15) is 30.6 Å². The first-order chi connectivity index (χ1) is 7.49. The van der Waals surface area contributed by atoms with E-state index in [0.29, 0.717) is 11.3 Å². The molecule has 86 valence electrons. The number of carboxylic acid groups (broad SMARTS) is 1. The Kier molecular flexibility index (Phi) is 4.05. The molecule has 1 unspecified atom stereocenters. The van der Waals surface area contributed by atoms with Gasteiger partial charge < -0.3 is 9.84 Å². The average molecular weight is 222 g/mol. The van der Waals surface area contributed by atoms with Crippen molar-refractivity contribution >= 4 is 11.8 Å². The second-order valence-electron chi connectivity index (χ2n) is 3.61. The molecule has 0 spiro atoms. The number of Topliss-reactive ketones (excluding diaryl/α,β-unsaturated/α-hetero) is 1. The van der Waals surface area contributed by atoms with Crippen molar-refractivity contribution in [2.45, 2.75) is 26.4 Å². The molecule has 0 aliphatic rings. The minimum atomic E-state index is -0.896. The Labute approximate surface area is 93.9 Å². The van der Waals surface area contributed by atoms with Crippen LogP contribution in [0.5, 0.6) is 5.75 Å². The zero-order valence-corrected chi connectivity index (χ0v) is 9.27. The number of hydrogen-bond acceptors (Lipinski definition) is 3. The van der Waals surface area contributed by atoms with Crippen molar-refractivity contribution < 1.29 is 19.4 Å². The summed E-state index contributed by atoms with van der Waals surface area (Å²) in [4.78, 5) is 21.4. The summed E-state index contributed by atoms with van der Waals surface area (Å²) in [7, 11) is 0. The van der Waals surface area contributed by atoms with Crippen LogP contribution in [0.2, 0.25) is 0 Å². The largest absolute Gasteiger partial charge is 0.490 e. The molecular formula is C12H14O4.